The molecule has 184 valence electrons. The Hall–Kier alpha value is -2.91. The number of hydrogen-bond donors (Lipinski definition) is 0. The first-order valence-corrected chi connectivity index (χ1v) is 12.7. The van der Waals surface area contributed by atoms with E-state index in [0.29, 0.717) is 31.5 Å². The van der Waals surface area contributed by atoms with E-state index in [0.717, 1.165) is 5.56 Å². The van der Waals surface area contributed by atoms with Gasteiger partial charge in [-0.2, -0.15) is 4.31 Å². The fraction of sp³-hybridized carbons (Fsp3) is 0.440. The highest BCUT2D eigenvalue weighted by molar-refractivity contribution is 7.89. The van der Waals surface area contributed by atoms with Gasteiger partial charge in [0.15, 0.2) is 0 Å². The summed E-state index contributed by atoms with van der Waals surface area (Å²) in [5.41, 5.74) is 0.559. The minimum atomic E-state index is -3.79. The summed E-state index contributed by atoms with van der Waals surface area (Å²) in [4.78, 5) is 26.0. The van der Waals surface area contributed by atoms with Crippen molar-refractivity contribution in [3.63, 3.8) is 0 Å². The summed E-state index contributed by atoms with van der Waals surface area (Å²) >= 11 is 0. The number of benzene rings is 2. The lowest BCUT2D eigenvalue weighted by atomic mass is 10.0. The molecule has 2 aromatic rings. The van der Waals surface area contributed by atoms with Crippen LogP contribution < -0.4 is 0 Å². The minimum absolute atomic E-state index is 0.149. The second-order valence-electron chi connectivity index (χ2n) is 9.25. The van der Waals surface area contributed by atoms with Crippen LogP contribution in [0.3, 0.4) is 0 Å². The number of amides is 1. The van der Waals surface area contributed by atoms with Gasteiger partial charge in [-0.25, -0.2) is 18.0 Å². The Morgan fingerprint density at radius 2 is 1.59 bits per heavy atom. The molecule has 0 bridgehead atoms. The van der Waals surface area contributed by atoms with Crippen LogP contribution >= 0.6 is 0 Å². The monoisotopic (exact) mass is 488 g/mol. The zero-order chi connectivity index (χ0) is 24.9. The number of methoxy groups -OCH3 is 1. The van der Waals surface area contributed by atoms with E-state index in [2.05, 4.69) is 0 Å². The van der Waals surface area contributed by atoms with Crippen LogP contribution in [0.5, 0.6) is 0 Å². The van der Waals surface area contributed by atoms with E-state index >= 15 is 0 Å². The third kappa shape index (κ3) is 6.36. The summed E-state index contributed by atoms with van der Waals surface area (Å²) in [6.07, 6.45) is 0.596. The molecule has 0 spiro atoms. The number of ether oxygens (including phenoxy) is 2. The van der Waals surface area contributed by atoms with Gasteiger partial charge in [0.05, 0.1) is 17.6 Å². The van der Waals surface area contributed by atoms with Crippen LogP contribution in [0.1, 0.15) is 49.5 Å². The van der Waals surface area contributed by atoms with Crippen LogP contribution in [0.4, 0.5) is 4.79 Å². The highest BCUT2D eigenvalue weighted by Crippen LogP contribution is 2.27. The summed E-state index contributed by atoms with van der Waals surface area (Å²) in [6.45, 7) is 6.41. The molecular formula is C25H32N2O6S. The van der Waals surface area contributed by atoms with Gasteiger partial charge in [0.1, 0.15) is 5.60 Å². The molecule has 1 fully saturated rings. The Bertz CT molecular complexity index is 1090. The minimum Gasteiger partial charge on any atom is -0.465 e. The first-order chi connectivity index (χ1) is 16.0. The lowest BCUT2D eigenvalue weighted by Gasteiger charge is -2.38. The first-order valence-electron chi connectivity index (χ1n) is 11.2. The van der Waals surface area contributed by atoms with Crippen molar-refractivity contribution in [3.05, 3.63) is 65.7 Å². The predicted octanol–water partition coefficient (Wildman–Crippen LogP) is 4.06. The number of sulfonamides is 1. The van der Waals surface area contributed by atoms with Gasteiger partial charge in [0, 0.05) is 25.7 Å². The van der Waals surface area contributed by atoms with Gasteiger partial charge < -0.3 is 14.4 Å². The smallest absolute Gasteiger partial charge is 0.410 e. The molecule has 1 aliphatic heterocycles. The maximum atomic E-state index is 13.6. The molecule has 0 N–H and O–H groups in total. The van der Waals surface area contributed by atoms with Crippen molar-refractivity contribution in [2.75, 3.05) is 20.2 Å². The molecule has 1 aliphatic rings. The van der Waals surface area contributed by atoms with Gasteiger partial charge in [0.25, 0.3) is 0 Å². The molecule has 0 aliphatic carbocycles. The van der Waals surface area contributed by atoms with E-state index in [1.165, 1.54) is 11.4 Å². The zero-order valence-electron chi connectivity index (χ0n) is 20.1. The fourth-order valence-corrected chi connectivity index (χ4v) is 5.54. The van der Waals surface area contributed by atoms with Gasteiger partial charge in [-0.15, -0.1) is 0 Å². The number of piperidine rings is 1. The van der Waals surface area contributed by atoms with Crippen molar-refractivity contribution in [1.29, 1.82) is 0 Å². The topological polar surface area (TPSA) is 93.2 Å². The molecule has 1 amide bonds. The van der Waals surface area contributed by atoms with Crippen LogP contribution in [0.25, 0.3) is 0 Å². The Balaban J connectivity index is 1.82. The van der Waals surface area contributed by atoms with E-state index in [4.69, 9.17) is 9.47 Å². The summed E-state index contributed by atoms with van der Waals surface area (Å²) in [5.74, 6) is -0.449. The normalized spacial score (nSPS) is 15.3. The van der Waals surface area contributed by atoms with Crippen LogP contribution in [-0.4, -0.2) is 61.5 Å². The molecule has 3 rings (SSSR count). The molecular weight excluding hydrogens is 456 g/mol. The maximum absolute atomic E-state index is 13.6. The Labute approximate surface area is 201 Å². The lowest BCUT2D eigenvalue weighted by molar-refractivity contribution is 0.0176. The highest BCUT2D eigenvalue weighted by atomic mass is 32.2. The van der Waals surface area contributed by atoms with Crippen LogP contribution in [0.2, 0.25) is 0 Å². The summed E-state index contributed by atoms with van der Waals surface area (Å²) in [6, 6.07) is 14.8. The number of esters is 1. The van der Waals surface area contributed by atoms with Crippen molar-refractivity contribution in [2.24, 2.45) is 0 Å². The predicted molar refractivity (Wildman–Crippen MR) is 128 cm³/mol. The summed E-state index contributed by atoms with van der Waals surface area (Å²) < 4.78 is 38.9. The molecule has 0 unspecified atom stereocenters. The molecule has 1 heterocycles. The third-order valence-corrected chi connectivity index (χ3v) is 7.50. The Kier molecular flexibility index (Phi) is 7.99. The summed E-state index contributed by atoms with van der Waals surface area (Å²) in [5, 5.41) is 0. The van der Waals surface area contributed by atoms with Crippen molar-refractivity contribution < 1.29 is 27.5 Å². The Morgan fingerprint density at radius 3 is 2.12 bits per heavy atom. The summed E-state index contributed by atoms with van der Waals surface area (Å²) in [7, 11) is -2.48. The molecule has 0 aromatic heterocycles. The second-order valence-corrected chi connectivity index (χ2v) is 11.1. The lowest BCUT2D eigenvalue weighted by Crippen LogP contribution is -2.49. The average Bonchev–Trinajstić information content (AvgIpc) is 2.82. The maximum Gasteiger partial charge on any atom is 0.410 e. The van der Waals surface area contributed by atoms with Crippen molar-refractivity contribution >= 4 is 22.1 Å². The SMILES string of the molecule is COC(=O)c1ccc(CN(C2CCN(C(=O)OC(C)(C)C)CC2)S(=O)(=O)c2ccccc2)cc1. The van der Waals surface area contributed by atoms with Crippen LogP contribution in [0.15, 0.2) is 59.5 Å². The molecule has 0 radical (unpaired) electrons. The third-order valence-electron chi connectivity index (χ3n) is 5.59. The van der Waals surface area contributed by atoms with Crippen molar-refractivity contribution in [2.45, 2.75) is 56.7 Å². The zero-order valence-corrected chi connectivity index (χ0v) is 20.9. The Morgan fingerprint density at radius 1 is 1.00 bits per heavy atom. The fourth-order valence-electron chi connectivity index (χ4n) is 3.85. The number of rotatable bonds is 6. The molecule has 34 heavy (non-hydrogen) atoms. The average molecular weight is 489 g/mol. The molecule has 9 heteroatoms. The second kappa shape index (κ2) is 10.6. The van der Waals surface area contributed by atoms with E-state index in [1.54, 1.807) is 59.5 Å². The van der Waals surface area contributed by atoms with E-state index in [1.807, 2.05) is 20.8 Å². The number of carbonyl (C=O) groups excluding carboxylic acids is 2. The standard InChI is InChI=1S/C25H32N2O6S/c1-25(2,3)33-24(29)26-16-14-21(15-17-26)27(34(30,31)22-8-6-5-7-9-22)18-19-10-12-20(13-11-19)23(28)32-4/h5-13,21H,14-18H2,1-4H3. The van der Waals surface area contributed by atoms with Crippen molar-refractivity contribution in [3.8, 4) is 0 Å². The van der Waals surface area contributed by atoms with Gasteiger partial charge in [-0.3, -0.25) is 0 Å². The quantitative estimate of drug-likeness (QED) is 0.569. The molecule has 0 saturated carbocycles. The molecule has 2 aromatic carbocycles. The van der Waals surface area contributed by atoms with Crippen molar-refractivity contribution in [1.82, 2.24) is 9.21 Å². The van der Waals surface area contributed by atoms with E-state index in [9.17, 15) is 18.0 Å². The van der Waals surface area contributed by atoms with Gasteiger partial charge >= 0.3 is 12.1 Å². The van der Waals surface area contributed by atoms with E-state index < -0.39 is 21.6 Å². The van der Waals surface area contributed by atoms with Crippen LogP contribution in [0, 0.1) is 0 Å². The number of nitrogens with zero attached hydrogens (tertiary/aromatic N) is 2. The largest absolute Gasteiger partial charge is 0.465 e. The van der Waals surface area contributed by atoms with Crippen LogP contribution in [-0.2, 0) is 26.0 Å². The molecule has 0 atom stereocenters. The molecule has 8 nitrogen and oxygen atoms in total. The number of likely N-dealkylation sites (tertiary alicyclic amines) is 1. The van der Waals surface area contributed by atoms with Gasteiger partial charge in [-0.05, 0) is 63.4 Å². The van der Waals surface area contributed by atoms with Gasteiger partial charge in [-0.1, -0.05) is 30.3 Å². The molecule has 1 saturated heterocycles. The highest BCUT2D eigenvalue weighted by Gasteiger charge is 2.35. The number of carbonyl (C=O) groups is 2. The van der Waals surface area contributed by atoms with Gasteiger partial charge in [0.2, 0.25) is 10.0 Å². The number of hydrogen-bond acceptors (Lipinski definition) is 6. The van der Waals surface area contributed by atoms with E-state index in [-0.39, 0.29) is 23.6 Å². The first kappa shape index (κ1) is 25.7.